The van der Waals surface area contributed by atoms with Crippen molar-refractivity contribution in [3.05, 3.63) is 177 Å². The minimum Gasteiger partial charge on any atom is -0.311 e. The molecule has 0 spiro atoms. The number of fused-ring (bicyclic) bond motifs is 5. The van der Waals surface area contributed by atoms with Gasteiger partial charge in [0.05, 0.1) is 11.4 Å². The predicted molar refractivity (Wildman–Crippen MR) is 324 cm³/mol. The summed E-state index contributed by atoms with van der Waals surface area (Å²) in [6.45, 7) is 47.3. The number of anilines is 9. The molecule has 0 aromatic heterocycles. The molecule has 74 heavy (non-hydrogen) atoms. The van der Waals surface area contributed by atoms with Crippen molar-refractivity contribution in [2.45, 2.75) is 184 Å². The molecule has 0 N–H and O–H groups in total. The second-order valence-corrected chi connectivity index (χ2v) is 28.1. The van der Waals surface area contributed by atoms with Gasteiger partial charge in [-0.05, 0) is 200 Å². The maximum Gasteiger partial charge on any atom is 0.252 e. The van der Waals surface area contributed by atoms with E-state index in [1.165, 1.54) is 106 Å². The Kier molecular flexibility index (Phi) is 12.0. The molecule has 7 aromatic rings. The molecule has 2 aliphatic heterocycles. The van der Waals surface area contributed by atoms with Crippen LogP contribution in [0.2, 0.25) is 0 Å². The van der Waals surface area contributed by atoms with Crippen molar-refractivity contribution in [3.63, 3.8) is 0 Å². The van der Waals surface area contributed by atoms with Crippen molar-refractivity contribution in [3.8, 4) is 0 Å². The summed E-state index contributed by atoms with van der Waals surface area (Å²) >= 11 is 0. The zero-order chi connectivity index (χ0) is 53.6. The van der Waals surface area contributed by atoms with Gasteiger partial charge < -0.3 is 14.7 Å². The number of aryl methyl sites for hydroxylation is 4. The lowest BCUT2D eigenvalue weighted by molar-refractivity contribution is 0.332. The van der Waals surface area contributed by atoms with Crippen molar-refractivity contribution in [2.75, 3.05) is 14.7 Å². The summed E-state index contributed by atoms with van der Waals surface area (Å²) in [5.41, 5.74) is 28.7. The molecule has 0 fully saturated rings. The summed E-state index contributed by atoms with van der Waals surface area (Å²) in [5, 5.41) is 0. The lowest BCUT2D eigenvalue weighted by Gasteiger charge is -2.48. The fourth-order valence-electron chi connectivity index (χ4n) is 12.7. The van der Waals surface area contributed by atoms with Gasteiger partial charge in [-0.2, -0.15) is 0 Å². The molecule has 382 valence electrons. The SMILES string of the molecule is Cc1cc(C(C)(C)C)cc(C)c1N1c2cc(N(c3ccc(C(C)(C)C)cc3)c3ccc(C(C)(C)C)cc3)ccc2B2c3cc4c(cc3N(c3c(C)cccc3C)c3cc(C(C)(C)C)cc1c32)C(C)(C)CCC4(C)C. The second-order valence-electron chi connectivity index (χ2n) is 28.1. The third-order valence-corrected chi connectivity index (χ3v) is 17.4. The number of benzene rings is 7. The van der Waals surface area contributed by atoms with E-state index in [0.29, 0.717) is 0 Å². The zero-order valence-corrected chi connectivity index (χ0v) is 48.9. The van der Waals surface area contributed by atoms with E-state index in [1.54, 1.807) is 0 Å². The van der Waals surface area contributed by atoms with Crippen LogP contribution in [0.1, 0.15) is 179 Å². The Morgan fingerprint density at radius 3 is 1.23 bits per heavy atom. The molecule has 0 radical (unpaired) electrons. The average Bonchev–Trinajstić information content (AvgIpc) is 3.30. The van der Waals surface area contributed by atoms with Crippen LogP contribution < -0.4 is 31.1 Å². The first-order chi connectivity index (χ1) is 34.4. The van der Waals surface area contributed by atoms with Crippen LogP contribution in [0.15, 0.2) is 121 Å². The summed E-state index contributed by atoms with van der Waals surface area (Å²) in [5.74, 6) is 0. The van der Waals surface area contributed by atoms with E-state index in [4.69, 9.17) is 0 Å². The third kappa shape index (κ3) is 8.61. The first-order valence-corrected chi connectivity index (χ1v) is 27.7. The van der Waals surface area contributed by atoms with Crippen LogP contribution in [0.3, 0.4) is 0 Å². The van der Waals surface area contributed by atoms with E-state index in [9.17, 15) is 0 Å². The highest BCUT2D eigenvalue weighted by molar-refractivity contribution is 7.00. The molecule has 0 atom stereocenters. The highest BCUT2D eigenvalue weighted by atomic mass is 15.2. The van der Waals surface area contributed by atoms with Crippen LogP contribution in [-0.4, -0.2) is 6.71 Å². The molecule has 7 aromatic carbocycles. The molecule has 4 heteroatoms. The first-order valence-electron chi connectivity index (χ1n) is 27.7. The van der Waals surface area contributed by atoms with Crippen molar-refractivity contribution < 1.29 is 0 Å². The van der Waals surface area contributed by atoms with Gasteiger partial charge in [0.2, 0.25) is 0 Å². The zero-order valence-electron chi connectivity index (χ0n) is 48.9. The van der Waals surface area contributed by atoms with E-state index in [0.717, 1.165) is 29.9 Å². The largest absolute Gasteiger partial charge is 0.311 e. The highest BCUT2D eigenvalue weighted by Crippen LogP contribution is 2.53. The molecule has 1 aliphatic carbocycles. The lowest BCUT2D eigenvalue weighted by Crippen LogP contribution is -2.62. The quantitative estimate of drug-likeness (QED) is 0.159. The molecular weight excluding hydrogens is 894 g/mol. The van der Waals surface area contributed by atoms with Crippen molar-refractivity contribution in [1.82, 2.24) is 0 Å². The highest BCUT2D eigenvalue weighted by Gasteiger charge is 2.48. The predicted octanol–water partition coefficient (Wildman–Crippen LogP) is 18.0. The molecule has 0 unspecified atom stereocenters. The van der Waals surface area contributed by atoms with E-state index in [1.807, 2.05) is 0 Å². The third-order valence-electron chi connectivity index (χ3n) is 17.4. The van der Waals surface area contributed by atoms with E-state index in [-0.39, 0.29) is 39.2 Å². The molecule has 0 saturated heterocycles. The van der Waals surface area contributed by atoms with Gasteiger partial charge in [0.25, 0.3) is 6.71 Å². The Morgan fingerprint density at radius 1 is 0.392 bits per heavy atom. The minimum atomic E-state index is -0.140. The molecule has 3 aliphatic rings. The molecule has 0 amide bonds. The van der Waals surface area contributed by atoms with Gasteiger partial charge in [-0.15, -0.1) is 0 Å². The summed E-state index contributed by atoms with van der Waals surface area (Å²) in [4.78, 5) is 7.89. The van der Waals surface area contributed by atoms with Gasteiger partial charge in [0, 0.05) is 39.8 Å². The van der Waals surface area contributed by atoms with Gasteiger partial charge in [0.1, 0.15) is 0 Å². The van der Waals surface area contributed by atoms with E-state index in [2.05, 4.69) is 275 Å². The molecule has 3 nitrogen and oxygen atoms in total. The van der Waals surface area contributed by atoms with Gasteiger partial charge in [-0.1, -0.05) is 178 Å². The average molecular weight is 978 g/mol. The van der Waals surface area contributed by atoms with Crippen LogP contribution in [-0.2, 0) is 32.5 Å². The maximum absolute atomic E-state index is 2.70. The number of hydrogen-bond donors (Lipinski definition) is 0. The van der Waals surface area contributed by atoms with Gasteiger partial charge in [0.15, 0.2) is 0 Å². The summed E-state index contributed by atoms with van der Waals surface area (Å²) in [7, 11) is 0. The number of rotatable bonds is 5. The van der Waals surface area contributed by atoms with Crippen molar-refractivity contribution in [1.29, 1.82) is 0 Å². The summed E-state index contributed by atoms with van der Waals surface area (Å²) < 4.78 is 0. The topological polar surface area (TPSA) is 9.72 Å². The maximum atomic E-state index is 2.70. The standard InChI is InChI=1S/C70H84BN3/c1-43-22-21-23-44(2)63(43)74-59-42-55-54(69(17,18)34-35-70(55,19)20)41-57(59)71-56-33-32-53(72(51-28-24-47(25-29-51)65(5,6)7)52-30-26-48(27-31-52)66(8,9)10)40-58(56)73(60-38-50(68(14,15)16)39-61(74)62(60)71)64-45(3)36-49(37-46(64)4)67(11,12)13/h21-33,36-42H,34-35H2,1-20H3. The van der Waals surface area contributed by atoms with Gasteiger partial charge >= 0.3 is 0 Å². The Bertz CT molecular complexity index is 3260. The Balaban J connectivity index is 1.35. The lowest BCUT2D eigenvalue weighted by atomic mass is 9.33. The molecule has 0 saturated carbocycles. The molecule has 10 rings (SSSR count). The second kappa shape index (κ2) is 17.3. The minimum absolute atomic E-state index is 0.000111. The normalized spacial score (nSPS) is 15.9. The smallest absolute Gasteiger partial charge is 0.252 e. The number of para-hydroxylation sites is 1. The molecule has 2 heterocycles. The fraction of sp³-hybridized carbons (Fsp3) is 0.400. The van der Waals surface area contributed by atoms with Gasteiger partial charge in [-0.25, -0.2) is 0 Å². The van der Waals surface area contributed by atoms with Crippen molar-refractivity contribution >= 4 is 74.3 Å². The fourth-order valence-corrected chi connectivity index (χ4v) is 12.7. The monoisotopic (exact) mass is 978 g/mol. The van der Waals surface area contributed by atoms with Gasteiger partial charge in [-0.3, -0.25) is 0 Å². The van der Waals surface area contributed by atoms with Crippen molar-refractivity contribution in [2.24, 2.45) is 0 Å². The van der Waals surface area contributed by atoms with E-state index < -0.39 is 0 Å². The summed E-state index contributed by atoms with van der Waals surface area (Å²) in [6.07, 6.45) is 2.32. The molecule has 0 bridgehead atoms. The van der Waals surface area contributed by atoms with Crippen LogP contribution in [0.5, 0.6) is 0 Å². The number of nitrogens with zero attached hydrogens (tertiary/aromatic N) is 3. The Morgan fingerprint density at radius 2 is 0.784 bits per heavy atom. The van der Waals surface area contributed by atoms with Crippen LogP contribution >= 0.6 is 0 Å². The summed E-state index contributed by atoms with van der Waals surface area (Å²) in [6, 6.07) is 48.4. The Hall–Kier alpha value is -6.00. The van der Waals surface area contributed by atoms with Crippen LogP contribution in [0, 0.1) is 27.7 Å². The van der Waals surface area contributed by atoms with E-state index >= 15 is 0 Å². The molecular formula is C70H84BN3. The van der Waals surface area contributed by atoms with Crippen LogP contribution in [0.4, 0.5) is 51.2 Å². The number of hydrogen-bond acceptors (Lipinski definition) is 3. The Labute approximate surface area is 447 Å². The van der Waals surface area contributed by atoms with Crippen LogP contribution in [0.25, 0.3) is 0 Å². The first kappa shape index (κ1) is 51.5.